The van der Waals surface area contributed by atoms with Crippen molar-refractivity contribution in [2.24, 2.45) is 5.92 Å². The molecule has 1 aliphatic rings. The Kier molecular flexibility index (Phi) is 3.50. The minimum Gasteiger partial charge on any atom is -0.339 e. The number of nitrogens with one attached hydrogen (secondary N) is 1. The molecule has 3 rings (SSSR count). The van der Waals surface area contributed by atoms with E-state index in [1.165, 1.54) is 12.8 Å². The van der Waals surface area contributed by atoms with Crippen molar-refractivity contribution >= 4 is 0 Å². The lowest BCUT2D eigenvalue weighted by Gasteiger charge is -2.14. The summed E-state index contributed by atoms with van der Waals surface area (Å²) in [6.45, 7) is 3.08. The van der Waals surface area contributed by atoms with Crippen molar-refractivity contribution in [2.75, 3.05) is 6.54 Å². The van der Waals surface area contributed by atoms with Gasteiger partial charge >= 0.3 is 0 Å². The quantitative estimate of drug-likeness (QED) is 0.846. The van der Waals surface area contributed by atoms with Gasteiger partial charge in [0.2, 0.25) is 11.7 Å². The maximum atomic E-state index is 5.30. The van der Waals surface area contributed by atoms with Crippen LogP contribution in [0, 0.1) is 5.92 Å². The average Bonchev–Trinajstić information content (AvgIpc) is 3.19. The van der Waals surface area contributed by atoms with Gasteiger partial charge in [0.25, 0.3) is 0 Å². The molecule has 1 aliphatic carbocycles. The van der Waals surface area contributed by atoms with Crippen LogP contribution in [0.25, 0.3) is 11.5 Å². The zero-order valence-electron chi connectivity index (χ0n) is 10.9. The van der Waals surface area contributed by atoms with Crippen molar-refractivity contribution in [3.05, 3.63) is 24.5 Å². The standard InChI is InChI=1S/C13H17N5O/c1-2-15-10(9-3-4-9)7-12-17-13(18-19-12)11-8-14-5-6-16-11/h5-6,8-10,15H,2-4,7H2,1H3. The van der Waals surface area contributed by atoms with Gasteiger partial charge in [0.05, 0.1) is 6.20 Å². The van der Waals surface area contributed by atoms with E-state index in [4.69, 9.17) is 4.52 Å². The van der Waals surface area contributed by atoms with Gasteiger partial charge in [0, 0.05) is 24.9 Å². The van der Waals surface area contributed by atoms with E-state index in [1.54, 1.807) is 18.6 Å². The third-order valence-corrected chi connectivity index (χ3v) is 3.31. The summed E-state index contributed by atoms with van der Waals surface area (Å²) in [4.78, 5) is 12.6. The molecule has 2 aromatic rings. The SMILES string of the molecule is CCNC(Cc1nc(-c2cnccn2)no1)C1CC1. The lowest BCUT2D eigenvalue weighted by atomic mass is 10.1. The van der Waals surface area contributed by atoms with E-state index in [1.807, 2.05) is 0 Å². The zero-order valence-corrected chi connectivity index (χ0v) is 10.9. The molecule has 0 amide bonds. The summed E-state index contributed by atoms with van der Waals surface area (Å²) in [5.41, 5.74) is 0.643. The molecule has 6 nitrogen and oxygen atoms in total. The van der Waals surface area contributed by atoms with E-state index in [-0.39, 0.29) is 0 Å². The third kappa shape index (κ3) is 2.96. The lowest BCUT2D eigenvalue weighted by molar-refractivity contribution is 0.348. The Labute approximate surface area is 111 Å². The molecule has 2 heterocycles. The second-order valence-corrected chi connectivity index (χ2v) is 4.81. The van der Waals surface area contributed by atoms with Gasteiger partial charge < -0.3 is 9.84 Å². The van der Waals surface area contributed by atoms with Gasteiger partial charge in [-0.3, -0.25) is 4.98 Å². The van der Waals surface area contributed by atoms with Crippen molar-refractivity contribution in [3.63, 3.8) is 0 Å². The van der Waals surface area contributed by atoms with Gasteiger partial charge in [-0.05, 0) is 25.3 Å². The van der Waals surface area contributed by atoms with Gasteiger partial charge in [-0.1, -0.05) is 12.1 Å². The van der Waals surface area contributed by atoms with E-state index in [0.29, 0.717) is 23.5 Å². The molecule has 1 atom stereocenters. The van der Waals surface area contributed by atoms with Crippen molar-refractivity contribution < 1.29 is 4.52 Å². The van der Waals surface area contributed by atoms with Gasteiger partial charge in [0.1, 0.15) is 5.69 Å². The first-order valence-corrected chi connectivity index (χ1v) is 6.69. The molecule has 0 bridgehead atoms. The van der Waals surface area contributed by atoms with Crippen molar-refractivity contribution in [1.82, 2.24) is 25.4 Å². The summed E-state index contributed by atoms with van der Waals surface area (Å²) >= 11 is 0. The maximum absolute atomic E-state index is 5.30. The Hall–Kier alpha value is -1.82. The van der Waals surface area contributed by atoms with Gasteiger partial charge in [-0.2, -0.15) is 4.98 Å². The molecule has 0 saturated heterocycles. The molecular formula is C13H17N5O. The van der Waals surface area contributed by atoms with Crippen LogP contribution in [-0.2, 0) is 6.42 Å². The Morgan fingerprint density at radius 2 is 2.32 bits per heavy atom. The number of hydrogen-bond donors (Lipinski definition) is 1. The predicted molar refractivity (Wildman–Crippen MR) is 69.2 cm³/mol. The van der Waals surface area contributed by atoms with E-state index < -0.39 is 0 Å². The first kappa shape index (κ1) is 12.2. The Bertz CT molecular complexity index is 523. The molecule has 0 aliphatic heterocycles. The van der Waals surface area contributed by atoms with Crippen LogP contribution >= 0.6 is 0 Å². The average molecular weight is 259 g/mol. The summed E-state index contributed by atoms with van der Waals surface area (Å²) in [7, 11) is 0. The van der Waals surface area contributed by atoms with E-state index in [2.05, 4.69) is 32.3 Å². The number of nitrogens with zero attached hydrogens (tertiary/aromatic N) is 4. The molecule has 100 valence electrons. The van der Waals surface area contributed by atoms with Crippen LogP contribution in [0.1, 0.15) is 25.7 Å². The third-order valence-electron chi connectivity index (χ3n) is 3.31. The summed E-state index contributed by atoms with van der Waals surface area (Å²) < 4.78 is 5.30. The topological polar surface area (TPSA) is 76.7 Å². The summed E-state index contributed by atoms with van der Waals surface area (Å²) in [6, 6.07) is 0.445. The van der Waals surface area contributed by atoms with Crippen molar-refractivity contribution in [1.29, 1.82) is 0 Å². The summed E-state index contributed by atoms with van der Waals surface area (Å²) in [5, 5.41) is 7.45. The van der Waals surface area contributed by atoms with Gasteiger partial charge in [-0.15, -0.1) is 0 Å². The Balaban J connectivity index is 1.70. The van der Waals surface area contributed by atoms with Crippen LogP contribution in [0.4, 0.5) is 0 Å². The fraction of sp³-hybridized carbons (Fsp3) is 0.538. The minimum atomic E-state index is 0.445. The van der Waals surface area contributed by atoms with Crippen LogP contribution in [0.5, 0.6) is 0 Å². The number of likely N-dealkylation sites (N-methyl/N-ethyl adjacent to an activating group) is 1. The number of hydrogen-bond acceptors (Lipinski definition) is 6. The van der Waals surface area contributed by atoms with E-state index >= 15 is 0 Å². The van der Waals surface area contributed by atoms with E-state index in [0.717, 1.165) is 18.9 Å². The second kappa shape index (κ2) is 5.44. The van der Waals surface area contributed by atoms with Crippen LogP contribution in [0.15, 0.2) is 23.1 Å². The molecule has 0 radical (unpaired) electrons. The van der Waals surface area contributed by atoms with E-state index in [9.17, 15) is 0 Å². The second-order valence-electron chi connectivity index (χ2n) is 4.81. The molecule has 2 aromatic heterocycles. The molecule has 1 N–H and O–H groups in total. The monoisotopic (exact) mass is 259 g/mol. The predicted octanol–water partition coefficient (Wildman–Crippen LogP) is 1.46. The molecule has 1 fully saturated rings. The smallest absolute Gasteiger partial charge is 0.228 e. The molecule has 6 heteroatoms. The number of aromatic nitrogens is 4. The van der Waals surface area contributed by atoms with Crippen LogP contribution in [-0.4, -0.2) is 32.7 Å². The molecule has 1 unspecified atom stereocenters. The highest BCUT2D eigenvalue weighted by Gasteiger charge is 2.31. The van der Waals surface area contributed by atoms with Crippen LogP contribution < -0.4 is 5.32 Å². The van der Waals surface area contributed by atoms with Gasteiger partial charge in [0.15, 0.2) is 0 Å². The first-order valence-electron chi connectivity index (χ1n) is 6.69. The zero-order chi connectivity index (χ0) is 13.1. The lowest BCUT2D eigenvalue weighted by Crippen LogP contribution is -2.33. The van der Waals surface area contributed by atoms with Crippen LogP contribution in [0.2, 0.25) is 0 Å². The highest BCUT2D eigenvalue weighted by molar-refractivity contribution is 5.45. The van der Waals surface area contributed by atoms with Crippen molar-refractivity contribution in [2.45, 2.75) is 32.2 Å². The normalized spacial score (nSPS) is 16.5. The molecule has 1 saturated carbocycles. The summed E-state index contributed by atoms with van der Waals surface area (Å²) in [6.07, 6.45) is 8.25. The molecule has 0 aromatic carbocycles. The number of rotatable bonds is 6. The van der Waals surface area contributed by atoms with Crippen LogP contribution in [0.3, 0.4) is 0 Å². The summed E-state index contributed by atoms with van der Waals surface area (Å²) in [5.74, 6) is 1.93. The Morgan fingerprint density at radius 3 is 3.00 bits per heavy atom. The fourth-order valence-electron chi connectivity index (χ4n) is 2.21. The van der Waals surface area contributed by atoms with Crippen molar-refractivity contribution in [3.8, 4) is 11.5 Å². The van der Waals surface area contributed by atoms with Gasteiger partial charge in [-0.25, -0.2) is 4.98 Å². The first-order chi connectivity index (χ1) is 9.36. The molecule has 0 spiro atoms. The Morgan fingerprint density at radius 1 is 1.42 bits per heavy atom. The fourth-order valence-corrected chi connectivity index (χ4v) is 2.21. The molecular weight excluding hydrogens is 242 g/mol. The maximum Gasteiger partial charge on any atom is 0.228 e. The largest absolute Gasteiger partial charge is 0.339 e. The minimum absolute atomic E-state index is 0.445. The highest BCUT2D eigenvalue weighted by atomic mass is 16.5. The molecule has 19 heavy (non-hydrogen) atoms. The highest BCUT2D eigenvalue weighted by Crippen LogP contribution is 2.34.